The molecule has 0 aliphatic carbocycles. The van der Waals surface area contributed by atoms with Crippen LogP contribution in [-0.4, -0.2) is 44.8 Å². The van der Waals surface area contributed by atoms with Crippen molar-refractivity contribution in [3.05, 3.63) is 47.8 Å². The van der Waals surface area contributed by atoms with Gasteiger partial charge in [0.2, 0.25) is 0 Å². The SMILES string of the molecule is Cc1cnn(-c2ccc(C(=O)N3CCCC(C)(C(=O)O)C3)cc2)c1. The number of hydrogen-bond acceptors (Lipinski definition) is 3. The summed E-state index contributed by atoms with van der Waals surface area (Å²) in [5.74, 6) is -0.963. The highest BCUT2D eigenvalue weighted by atomic mass is 16.4. The summed E-state index contributed by atoms with van der Waals surface area (Å²) >= 11 is 0. The van der Waals surface area contributed by atoms with E-state index in [0.717, 1.165) is 11.3 Å². The van der Waals surface area contributed by atoms with Crippen LogP contribution in [0, 0.1) is 12.3 Å². The Morgan fingerprint density at radius 1 is 1.25 bits per heavy atom. The van der Waals surface area contributed by atoms with Gasteiger partial charge in [-0.15, -0.1) is 0 Å². The number of aryl methyl sites for hydroxylation is 1. The zero-order chi connectivity index (χ0) is 17.3. The van der Waals surface area contributed by atoms with Gasteiger partial charge < -0.3 is 10.0 Å². The van der Waals surface area contributed by atoms with E-state index in [-0.39, 0.29) is 12.5 Å². The number of carboxylic acid groups (broad SMARTS) is 1. The van der Waals surface area contributed by atoms with Crippen molar-refractivity contribution in [2.24, 2.45) is 5.41 Å². The molecule has 2 heterocycles. The van der Waals surface area contributed by atoms with Gasteiger partial charge in [0.15, 0.2) is 0 Å². The van der Waals surface area contributed by atoms with Crippen LogP contribution >= 0.6 is 0 Å². The number of rotatable bonds is 3. The molecule has 0 spiro atoms. The fourth-order valence-electron chi connectivity index (χ4n) is 3.08. The molecule has 1 aliphatic heterocycles. The van der Waals surface area contributed by atoms with E-state index in [1.54, 1.807) is 34.8 Å². The largest absolute Gasteiger partial charge is 0.481 e. The Morgan fingerprint density at radius 3 is 2.54 bits per heavy atom. The highest BCUT2D eigenvalue weighted by Crippen LogP contribution is 2.30. The van der Waals surface area contributed by atoms with Crippen LogP contribution in [0.25, 0.3) is 5.69 Å². The normalized spacial score (nSPS) is 20.8. The minimum atomic E-state index is -0.861. The van der Waals surface area contributed by atoms with Crippen LogP contribution in [0.1, 0.15) is 35.7 Å². The molecule has 1 N–H and O–H groups in total. The first-order valence-corrected chi connectivity index (χ1v) is 8.03. The molecule has 1 atom stereocenters. The number of aromatic nitrogens is 2. The van der Waals surface area contributed by atoms with Gasteiger partial charge in [-0.25, -0.2) is 4.68 Å². The van der Waals surface area contributed by atoms with E-state index in [4.69, 9.17) is 0 Å². The number of carboxylic acids is 1. The lowest BCUT2D eigenvalue weighted by Gasteiger charge is -2.37. The van der Waals surface area contributed by atoms with Crippen LogP contribution in [0.4, 0.5) is 0 Å². The third kappa shape index (κ3) is 3.04. The number of carbonyl (C=O) groups excluding carboxylic acids is 1. The van der Waals surface area contributed by atoms with E-state index in [2.05, 4.69) is 5.10 Å². The maximum Gasteiger partial charge on any atom is 0.311 e. The summed E-state index contributed by atoms with van der Waals surface area (Å²) in [6.07, 6.45) is 5.00. The summed E-state index contributed by atoms with van der Waals surface area (Å²) in [5, 5.41) is 13.6. The van der Waals surface area contributed by atoms with Crippen molar-refractivity contribution >= 4 is 11.9 Å². The summed E-state index contributed by atoms with van der Waals surface area (Å²) in [5.41, 5.74) is 1.66. The van der Waals surface area contributed by atoms with Crippen molar-refractivity contribution in [3.8, 4) is 5.69 Å². The van der Waals surface area contributed by atoms with E-state index in [1.807, 2.05) is 25.3 Å². The van der Waals surface area contributed by atoms with Gasteiger partial charge in [0, 0.05) is 24.8 Å². The Bertz CT molecular complexity index is 766. The van der Waals surface area contributed by atoms with Crippen molar-refractivity contribution in [3.63, 3.8) is 0 Å². The zero-order valence-corrected chi connectivity index (χ0v) is 13.9. The first-order chi connectivity index (χ1) is 11.4. The fourth-order valence-corrected chi connectivity index (χ4v) is 3.08. The topological polar surface area (TPSA) is 75.4 Å². The molecule has 1 aliphatic rings. The molecule has 126 valence electrons. The van der Waals surface area contributed by atoms with Crippen LogP contribution in [0.15, 0.2) is 36.7 Å². The van der Waals surface area contributed by atoms with Crippen LogP contribution in [-0.2, 0) is 4.79 Å². The molecular weight excluding hydrogens is 306 g/mol. The lowest BCUT2D eigenvalue weighted by molar-refractivity contribution is -0.150. The Morgan fingerprint density at radius 2 is 1.96 bits per heavy atom. The summed E-state index contributed by atoms with van der Waals surface area (Å²) in [7, 11) is 0. The van der Waals surface area contributed by atoms with Crippen molar-refractivity contribution in [1.82, 2.24) is 14.7 Å². The van der Waals surface area contributed by atoms with Crippen molar-refractivity contribution in [1.29, 1.82) is 0 Å². The lowest BCUT2D eigenvalue weighted by Crippen LogP contribution is -2.48. The van der Waals surface area contributed by atoms with E-state index in [9.17, 15) is 14.7 Å². The maximum absolute atomic E-state index is 12.7. The monoisotopic (exact) mass is 327 g/mol. The number of hydrogen-bond donors (Lipinski definition) is 1. The Kier molecular flexibility index (Phi) is 4.13. The van der Waals surface area contributed by atoms with Gasteiger partial charge in [0.1, 0.15) is 0 Å². The second kappa shape index (κ2) is 6.11. The number of nitrogens with zero attached hydrogens (tertiary/aromatic N) is 3. The molecule has 1 unspecified atom stereocenters. The Balaban J connectivity index is 1.76. The van der Waals surface area contributed by atoms with Gasteiger partial charge in [-0.1, -0.05) is 0 Å². The van der Waals surface area contributed by atoms with E-state index >= 15 is 0 Å². The second-order valence-corrected chi connectivity index (χ2v) is 6.71. The summed E-state index contributed by atoms with van der Waals surface area (Å²) in [6.45, 7) is 4.53. The molecule has 6 heteroatoms. The minimum absolute atomic E-state index is 0.120. The molecule has 0 bridgehead atoms. The molecule has 1 fully saturated rings. The number of amides is 1. The smallest absolute Gasteiger partial charge is 0.311 e. The van der Waals surface area contributed by atoms with Gasteiger partial charge in [0.25, 0.3) is 5.91 Å². The number of piperidine rings is 1. The number of carbonyl (C=O) groups is 2. The highest BCUT2D eigenvalue weighted by Gasteiger charge is 2.39. The fraction of sp³-hybridized carbons (Fsp3) is 0.389. The zero-order valence-electron chi connectivity index (χ0n) is 13.9. The molecule has 1 aromatic carbocycles. The first kappa shape index (κ1) is 16.2. The van der Waals surface area contributed by atoms with E-state index < -0.39 is 11.4 Å². The maximum atomic E-state index is 12.7. The highest BCUT2D eigenvalue weighted by molar-refractivity contribution is 5.95. The molecule has 1 amide bonds. The molecule has 24 heavy (non-hydrogen) atoms. The number of benzene rings is 1. The summed E-state index contributed by atoms with van der Waals surface area (Å²) in [4.78, 5) is 25.8. The van der Waals surface area contributed by atoms with Crippen LogP contribution in [0.3, 0.4) is 0 Å². The van der Waals surface area contributed by atoms with Gasteiger partial charge in [-0.2, -0.15) is 5.10 Å². The van der Waals surface area contributed by atoms with Crippen molar-refractivity contribution < 1.29 is 14.7 Å². The molecule has 3 rings (SSSR count). The summed E-state index contributed by atoms with van der Waals surface area (Å²) in [6, 6.07) is 7.23. The third-order valence-corrected chi connectivity index (χ3v) is 4.59. The van der Waals surface area contributed by atoms with Gasteiger partial charge in [-0.05, 0) is 56.5 Å². The average molecular weight is 327 g/mol. The second-order valence-electron chi connectivity index (χ2n) is 6.71. The molecular formula is C18H21N3O3. The first-order valence-electron chi connectivity index (χ1n) is 8.03. The van der Waals surface area contributed by atoms with Crippen molar-refractivity contribution in [2.75, 3.05) is 13.1 Å². The Hall–Kier alpha value is -2.63. The van der Waals surface area contributed by atoms with Crippen LogP contribution in [0.2, 0.25) is 0 Å². The van der Waals surface area contributed by atoms with E-state index in [1.165, 1.54) is 0 Å². The van der Waals surface area contributed by atoms with Crippen LogP contribution < -0.4 is 0 Å². The van der Waals surface area contributed by atoms with E-state index in [0.29, 0.717) is 24.9 Å². The molecule has 6 nitrogen and oxygen atoms in total. The number of likely N-dealkylation sites (tertiary alicyclic amines) is 1. The predicted octanol–water partition coefficient (Wildman–Crippen LogP) is 2.51. The van der Waals surface area contributed by atoms with Gasteiger partial charge in [0.05, 0.1) is 17.3 Å². The Labute approximate surface area is 140 Å². The quantitative estimate of drug-likeness (QED) is 0.940. The molecule has 0 saturated carbocycles. The molecule has 0 radical (unpaired) electrons. The lowest BCUT2D eigenvalue weighted by atomic mass is 9.82. The molecule has 2 aromatic rings. The number of aliphatic carboxylic acids is 1. The average Bonchev–Trinajstić information content (AvgIpc) is 3.01. The third-order valence-electron chi connectivity index (χ3n) is 4.59. The molecule has 1 aromatic heterocycles. The predicted molar refractivity (Wildman–Crippen MR) is 89.2 cm³/mol. The standard InChI is InChI=1S/C18H21N3O3/c1-13-10-19-21(11-13)15-6-4-14(5-7-15)16(22)20-9-3-8-18(2,12-20)17(23)24/h4-7,10-11H,3,8-9,12H2,1-2H3,(H,23,24). The van der Waals surface area contributed by atoms with Gasteiger partial charge in [-0.3, -0.25) is 9.59 Å². The molecule has 1 saturated heterocycles. The summed E-state index contributed by atoms with van der Waals surface area (Å²) < 4.78 is 1.76. The minimum Gasteiger partial charge on any atom is -0.481 e. The van der Waals surface area contributed by atoms with Crippen molar-refractivity contribution in [2.45, 2.75) is 26.7 Å². The van der Waals surface area contributed by atoms with Crippen LogP contribution in [0.5, 0.6) is 0 Å². The van der Waals surface area contributed by atoms with Gasteiger partial charge >= 0.3 is 5.97 Å².